The zero-order chi connectivity index (χ0) is 11.2. The van der Waals surface area contributed by atoms with Crippen molar-refractivity contribution in [1.29, 1.82) is 0 Å². The van der Waals surface area contributed by atoms with Crippen molar-refractivity contribution in [2.24, 2.45) is 5.92 Å². The lowest BCUT2D eigenvalue weighted by molar-refractivity contribution is 0.124. The van der Waals surface area contributed by atoms with Gasteiger partial charge in [-0.2, -0.15) is 0 Å². The van der Waals surface area contributed by atoms with E-state index >= 15 is 0 Å². The monoisotopic (exact) mass is 224 g/mol. The van der Waals surface area contributed by atoms with E-state index in [2.05, 4.69) is 17.1 Å². The Balaban J connectivity index is 1.70. The molecule has 0 bridgehead atoms. The summed E-state index contributed by atoms with van der Waals surface area (Å²) in [6, 6.07) is 0.939. The van der Waals surface area contributed by atoms with Crippen molar-refractivity contribution in [3.05, 3.63) is 0 Å². The van der Waals surface area contributed by atoms with Crippen LogP contribution in [0.25, 0.3) is 0 Å². The summed E-state index contributed by atoms with van der Waals surface area (Å²) in [4.78, 5) is 2.79. The Kier molecular flexibility index (Phi) is 5.11. The molecule has 1 atom stereocenters. The minimum atomic E-state index is 0.917. The predicted octanol–water partition coefficient (Wildman–Crippen LogP) is 2.64. The van der Waals surface area contributed by atoms with Gasteiger partial charge >= 0.3 is 0 Å². The molecule has 1 N–H and O–H groups in total. The van der Waals surface area contributed by atoms with Crippen LogP contribution in [0.3, 0.4) is 0 Å². The normalized spacial score (nSPS) is 28.7. The van der Waals surface area contributed by atoms with Crippen molar-refractivity contribution in [2.45, 2.75) is 57.9 Å². The standard InChI is InChI=1S/C14H28N2/c1-2-9-15-11-13-6-5-10-16(12-13)14-7-3-4-8-14/h13-15H,2-12H2,1H3. The van der Waals surface area contributed by atoms with Crippen molar-refractivity contribution in [3.8, 4) is 0 Å². The summed E-state index contributed by atoms with van der Waals surface area (Å²) >= 11 is 0. The third-order valence-corrected chi connectivity index (χ3v) is 4.25. The lowest BCUT2D eigenvalue weighted by atomic mass is 9.96. The quantitative estimate of drug-likeness (QED) is 0.722. The Morgan fingerprint density at radius 1 is 1.12 bits per heavy atom. The summed E-state index contributed by atoms with van der Waals surface area (Å²) < 4.78 is 0. The number of nitrogens with one attached hydrogen (secondary N) is 1. The summed E-state index contributed by atoms with van der Waals surface area (Å²) in [5, 5.41) is 3.59. The van der Waals surface area contributed by atoms with E-state index in [-0.39, 0.29) is 0 Å². The maximum absolute atomic E-state index is 3.59. The third-order valence-electron chi connectivity index (χ3n) is 4.25. The average molecular weight is 224 g/mol. The molecule has 2 nitrogen and oxygen atoms in total. The van der Waals surface area contributed by atoms with Crippen LogP contribution in [-0.2, 0) is 0 Å². The van der Waals surface area contributed by atoms with Gasteiger partial charge in [0, 0.05) is 12.6 Å². The molecule has 2 fully saturated rings. The lowest BCUT2D eigenvalue weighted by Gasteiger charge is -2.37. The Morgan fingerprint density at radius 2 is 1.94 bits per heavy atom. The minimum absolute atomic E-state index is 0.917. The Bertz CT molecular complexity index is 187. The van der Waals surface area contributed by atoms with Crippen LogP contribution in [0.1, 0.15) is 51.9 Å². The third kappa shape index (κ3) is 3.46. The Morgan fingerprint density at radius 3 is 2.69 bits per heavy atom. The van der Waals surface area contributed by atoms with Gasteiger partial charge in [-0.1, -0.05) is 19.8 Å². The molecule has 2 rings (SSSR count). The van der Waals surface area contributed by atoms with Gasteiger partial charge in [-0.05, 0) is 57.7 Å². The van der Waals surface area contributed by atoms with Gasteiger partial charge < -0.3 is 10.2 Å². The molecule has 0 spiro atoms. The average Bonchev–Trinajstić information content (AvgIpc) is 2.83. The first-order valence-corrected chi connectivity index (χ1v) is 7.35. The first kappa shape index (κ1) is 12.4. The smallest absolute Gasteiger partial charge is 0.00953 e. The van der Waals surface area contributed by atoms with E-state index in [1.165, 1.54) is 71.1 Å². The highest BCUT2D eigenvalue weighted by Crippen LogP contribution is 2.27. The van der Waals surface area contributed by atoms with Crippen LogP contribution < -0.4 is 5.32 Å². The fourth-order valence-corrected chi connectivity index (χ4v) is 3.35. The molecule has 1 aliphatic carbocycles. The van der Waals surface area contributed by atoms with Gasteiger partial charge in [-0.15, -0.1) is 0 Å². The first-order chi connectivity index (χ1) is 7.90. The fourth-order valence-electron chi connectivity index (χ4n) is 3.35. The maximum Gasteiger partial charge on any atom is 0.00953 e. The molecule has 16 heavy (non-hydrogen) atoms. The van der Waals surface area contributed by atoms with Crippen LogP contribution in [0.2, 0.25) is 0 Å². The van der Waals surface area contributed by atoms with Gasteiger partial charge in [0.1, 0.15) is 0 Å². The van der Waals surface area contributed by atoms with Crippen molar-refractivity contribution in [1.82, 2.24) is 10.2 Å². The van der Waals surface area contributed by atoms with Crippen LogP contribution in [0.4, 0.5) is 0 Å². The second-order valence-electron chi connectivity index (χ2n) is 5.65. The number of nitrogens with zero attached hydrogens (tertiary/aromatic N) is 1. The zero-order valence-corrected chi connectivity index (χ0v) is 10.9. The van der Waals surface area contributed by atoms with Gasteiger partial charge in [0.2, 0.25) is 0 Å². The molecule has 1 saturated heterocycles. The highest BCUT2D eigenvalue weighted by atomic mass is 15.2. The SMILES string of the molecule is CCCNCC1CCCN(C2CCCC2)C1. The first-order valence-electron chi connectivity index (χ1n) is 7.35. The van der Waals surface area contributed by atoms with E-state index in [4.69, 9.17) is 0 Å². The van der Waals surface area contributed by atoms with Crippen molar-refractivity contribution >= 4 is 0 Å². The summed E-state index contributed by atoms with van der Waals surface area (Å²) in [5.41, 5.74) is 0. The van der Waals surface area contributed by atoms with Gasteiger partial charge in [0.25, 0.3) is 0 Å². The van der Waals surface area contributed by atoms with E-state index in [1.54, 1.807) is 0 Å². The molecule has 2 aliphatic rings. The van der Waals surface area contributed by atoms with Crippen LogP contribution in [0, 0.1) is 5.92 Å². The molecule has 0 radical (unpaired) electrons. The van der Waals surface area contributed by atoms with Crippen LogP contribution >= 0.6 is 0 Å². The Hall–Kier alpha value is -0.0800. The number of rotatable bonds is 5. The fraction of sp³-hybridized carbons (Fsp3) is 1.00. The topological polar surface area (TPSA) is 15.3 Å². The highest BCUT2D eigenvalue weighted by Gasteiger charge is 2.27. The summed E-state index contributed by atoms with van der Waals surface area (Å²) in [6.45, 7) is 7.42. The van der Waals surface area contributed by atoms with Crippen LogP contribution in [0.5, 0.6) is 0 Å². The number of piperidine rings is 1. The van der Waals surface area contributed by atoms with Gasteiger partial charge in [-0.25, -0.2) is 0 Å². The summed E-state index contributed by atoms with van der Waals surface area (Å²) in [6.07, 6.45) is 10.0. The zero-order valence-electron chi connectivity index (χ0n) is 10.9. The minimum Gasteiger partial charge on any atom is -0.316 e. The molecule has 1 aliphatic heterocycles. The van der Waals surface area contributed by atoms with Crippen molar-refractivity contribution in [2.75, 3.05) is 26.2 Å². The lowest BCUT2D eigenvalue weighted by Crippen LogP contribution is -2.44. The van der Waals surface area contributed by atoms with Gasteiger partial charge in [0.15, 0.2) is 0 Å². The summed E-state index contributed by atoms with van der Waals surface area (Å²) in [5.74, 6) is 0.917. The maximum atomic E-state index is 3.59. The molecule has 0 amide bonds. The largest absolute Gasteiger partial charge is 0.316 e. The molecular formula is C14H28N2. The van der Waals surface area contributed by atoms with Gasteiger partial charge in [0.05, 0.1) is 0 Å². The molecule has 1 heterocycles. The van der Waals surface area contributed by atoms with E-state index in [9.17, 15) is 0 Å². The predicted molar refractivity (Wildman–Crippen MR) is 69.7 cm³/mol. The molecule has 0 aromatic heterocycles. The van der Waals surface area contributed by atoms with Crippen LogP contribution in [-0.4, -0.2) is 37.1 Å². The molecular weight excluding hydrogens is 196 g/mol. The number of likely N-dealkylation sites (tertiary alicyclic amines) is 1. The number of hydrogen-bond acceptors (Lipinski definition) is 2. The molecule has 94 valence electrons. The van der Waals surface area contributed by atoms with E-state index in [0.29, 0.717) is 0 Å². The second kappa shape index (κ2) is 6.61. The van der Waals surface area contributed by atoms with Crippen molar-refractivity contribution in [3.63, 3.8) is 0 Å². The molecule has 2 heteroatoms. The number of hydrogen-bond donors (Lipinski definition) is 1. The molecule has 0 aromatic rings. The second-order valence-corrected chi connectivity index (χ2v) is 5.65. The van der Waals surface area contributed by atoms with E-state index in [1.807, 2.05) is 0 Å². The van der Waals surface area contributed by atoms with E-state index in [0.717, 1.165) is 12.0 Å². The molecule has 0 aromatic carbocycles. The van der Waals surface area contributed by atoms with Crippen molar-refractivity contribution < 1.29 is 0 Å². The molecule has 1 saturated carbocycles. The molecule has 1 unspecified atom stereocenters. The van der Waals surface area contributed by atoms with Gasteiger partial charge in [-0.3, -0.25) is 0 Å². The van der Waals surface area contributed by atoms with Crippen LogP contribution in [0.15, 0.2) is 0 Å². The Labute approximate surface area is 101 Å². The van der Waals surface area contributed by atoms with E-state index < -0.39 is 0 Å². The summed E-state index contributed by atoms with van der Waals surface area (Å²) in [7, 11) is 0. The highest BCUT2D eigenvalue weighted by molar-refractivity contribution is 4.83.